The molecular formula is C25H25ClF3N6O2+. The molecule has 0 spiro atoms. The van der Waals surface area contributed by atoms with E-state index in [-0.39, 0.29) is 28.1 Å². The summed E-state index contributed by atoms with van der Waals surface area (Å²) in [4.78, 5) is 34.8. The molecule has 37 heavy (non-hydrogen) atoms. The van der Waals surface area contributed by atoms with Gasteiger partial charge in [0.05, 0.1) is 16.8 Å². The zero-order chi connectivity index (χ0) is 27.5. The zero-order valence-electron chi connectivity index (χ0n) is 20.4. The predicted molar refractivity (Wildman–Crippen MR) is 135 cm³/mol. The number of pyridine rings is 2. The summed E-state index contributed by atoms with van der Waals surface area (Å²) in [7, 11) is 0. The van der Waals surface area contributed by atoms with Crippen molar-refractivity contribution in [2.75, 3.05) is 5.32 Å². The van der Waals surface area contributed by atoms with Crippen molar-refractivity contribution in [1.82, 2.24) is 15.3 Å². The minimum absolute atomic E-state index is 0.0354. The maximum Gasteiger partial charge on any atom is 0.432 e. The lowest BCUT2D eigenvalue weighted by Crippen LogP contribution is -2.78. The molecule has 3 rings (SSSR count). The molecule has 2 amide bonds. The van der Waals surface area contributed by atoms with Crippen LogP contribution < -0.4 is 16.0 Å². The number of aryl methyl sites for hydroxylation is 2. The van der Waals surface area contributed by atoms with Crippen molar-refractivity contribution in [2.45, 2.75) is 39.9 Å². The largest absolute Gasteiger partial charge is 0.432 e. The molecule has 0 aliphatic carbocycles. The summed E-state index contributed by atoms with van der Waals surface area (Å²) >= 11 is 6.09. The van der Waals surface area contributed by atoms with Gasteiger partial charge < -0.3 is 10.6 Å². The van der Waals surface area contributed by atoms with Crippen molar-refractivity contribution in [3.05, 3.63) is 70.1 Å². The number of nitrogens with zero attached hydrogens (tertiary/aromatic N) is 2. The van der Waals surface area contributed by atoms with Crippen molar-refractivity contribution in [3.8, 4) is 0 Å². The van der Waals surface area contributed by atoms with Crippen molar-refractivity contribution < 1.29 is 28.1 Å². The summed E-state index contributed by atoms with van der Waals surface area (Å²) in [5.74, 6) is -1.45. The normalized spacial score (nSPS) is 12.1. The topological polar surface area (TPSA) is 124 Å². The highest BCUT2D eigenvalue weighted by molar-refractivity contribution is 6.32. The molecule has 194 valence electrons. The first kappa shape index (κ1) is 27.8. The number of hydrogen-bond donors (Lipinski definition) is 4. The highest BCUT2D eigenvalue weighted by atomic mass is 35.5. The fraction of sp³-hybridized carbons (Fsp3) is 0.240. The first-order chi connectivity index (χ1) is 17.3. The van der Waals surface area contributed by atoms with Crippen LogP contribution in [0.5, 0.6) is 0 Å². The number of hydrogen-bond acceptors (Lipinski definition) is 5. The lowest BCUT2D eigenvalue weighted by molar-refractivity contribution is -0.514. The minimum Gasteiger partial charge on any atom is -0.350 e. The first-order valence-corrected chi connectivity index (χ1v) is 11.5. The number of allylic oxidation sites excluding steroid dienone is 1. The number of carbonyl (C=O) groups excluding carboxylic acids is 2. The molecule has 1 aromatic carbocycles. The summed E-state index contributed by atoms with van der Waals surface area (Å²) in [6, 6.07) is 7.82. The molecule has 0 aliphatic heterocycles. The van der Waals surface area contributed by atoms with E-state index in [1.54, 1.807) is 39.8 Å². The Kier molecular flexibility index (Phi) is 8.29. The standard InChI is InChI=1S/C25H24ClF3N6O2/c1-12(2)32-23(36)16-10-18-15(8-7-13(3)33-18)14(4)21(16)35-24(37)19(11-20(30)25(27,28)29)34-22-17(26)6-5-9-31-22/h5-12,30H,1-4H3,(H,31,34)(H,32,36)(H,35,37)/p+1/b19-11-,30-20?. The molecule has 0 saturated heterocycles. The van der Waals surface area contributed by atoms with Crippen molar-refractivity contribution in [3.63, 3.8) is 0 Å². The van der Waals surface area contributed by atoms with Crippen molar-refractivity contribution >= 4 is 51.5 Å². The maximum atomic E-state index is 13.3. The Morgan fingerprint density at radius 3 is 2.51 bits per heavy atom. The van der Waals surface area contributed by atoms with Crippen LogP contribution in [-0.2, 0) is 4.79 Å². The summed E-state index contributed by atoms with van der Waals surface area (Å²) in [6.45, 7) is 6.99. The lowest BCUT2D eigenvalue weighted by atomic mass is 10.0. The quantitative estimate of drug-likeness (QED) is 0.266. The summed E-state index contributed by atoms with van der Waals surface area (Å²) < 4.78 is 39.5. The average molecular weight is 534 g/mol. The van der Waals surface area contributed by atoms with Crippen LogP contribution in [0.15, 0.2) is 48.3 Å². The Bertz CT molecular complexity index is 1420. The summed E-state index contributed by atoms with van der Waals surface area (Å²) in [5.41, 5.74) is -0.346. The number of nitrogens with two attached hydrogens (primary N) is 1. The Morgan fingerprint density at radius 1 is 1.19 bits per heavy atom. The number of carbonyl (C=O) groups is 2. The van der Waals surface area contributed by atoms with E-state index in [4.69, 9.17) is 17.0 Å². The number of aromatic nitrogens is 2. The average Bonchev–Trinajstić information content (AvgIpc) is 2.80. The van der Waals surface area contributed by atoms with Gasteiger partial charge in [-0.3, -0.25) is 25.3 Å². The third kappa shape index (κ3) is 6.69. The first-order valence-electron chi connectivity index (χ1n) is 11.1. The molecule has 0 fully saturated rings. The molecular weight excluding hydrogens is 509 g/mol. The summed E-state index contributed by atoms with van der Waals surface area (Å²) in [6.07, 6.45) is -3.24. The molecule has 0 bridgehead atoms. The van der Waals surface area contributed by atoms with Gasteiger partial charge in [0.1, 0.15) is 10.7 Å². The van der Waals surface area contributed by atoms with Gasteiger partial charge in [0.2, 0.25) is 11.5 Å². The van der Waals surface area contributed by atoms with E-state index in [0.717, 1.165) is 11.0 Å². The van der Waals surface area contributed by atoms with E-state index in [9.17, 15) is 22.8 Å². The number of halogens is 4. The number of nitrogens with one attached hydrogen (secondary N) is 3. The van der Waals surface area contributed by atoms with Crippen LogP contribution in [0.4, 0.5) is 24.7 Å². The van der Waals surface area contributed by atoms with Crippen LogP contribution >= 0.6 is 11.6 Å². The number of alkyl halides is 3. The summed E-state index contributed by atoms with van der Waals surface area (Å²) in [5, 5.41) is 14.5. The maximum absolute atomic E-state index is 13.3. The second-order valence-corrected chi connectivity index (χ2v) is 8.96. The third-order valence-corrected chi connectivity index (χ3v) is 5.56. The Labute approximate surface area is 215 Å². The smallest absolute Gasteiger partial charge is 0.350 e. The second kappa shape index (κ2) is 11.1. The highest BCUT2D eigenvalue weighted by Crippen LogP contribution is 2.30. The van der Waals surface area contributed by atoms with Gasteiger partial charge in [-0.15, -0.1) is 0 Å². The fourth-order valence-corrected chi connectivity index (χ4v) is 3.65. The molecule has 2 heterocycles. The molecule has 3 aromatic rings. The Hall–Kier alpha value is -3.83. The van der Waals surface area contributed by atoms with E-state index in [1.807, 2.05) is 0 Å². The zero-order valence-corrected chi connectivity index (χ0v) is 21.2. The van der Waals surface area contributed by atoms with Gasteiger partial charge in [0, 0.05) is 29.4 Å². The third-order valence-electron chi connectivity index (χ3n) is 5.24. The van der Waals surface area contributed by atoms with Gasteiger partial charge in [-0.05, 0) is 57.5 Å². The van der Waals surface area contributed by atoms with Gasteiger partial charge in [-0.1, -0.05) is 17.7 Å². The van der Waals surface area contributed by atoms with Gasteiger partial charge in [0.25, 0.3) is 5.91 Å². The number of amides is 2. The van der Waals surface area contributed by atoms with E-state index < -0.39 is 29.4 Å². The van der Waals surface area contributed by atoms with Crippen molar-refractivity contribution in [2.24, 2.45) is 0 Å². The SMILES string of the molecule is Cc1ccc2c(C)c(NC(=O)/C(=C/C(=N)C(F)(F)F)[NH2+]c3ncccc3Cl)c(C(=O)NC(C)C)cc2n1. The number of anilines is 1. The van der Waals surface area contributed by atoms with Crippen LogP contribution in [-0.4, -0.2) is 39.7 Å². The van der Waals surface area contributed by atoms with Gasteiger partial charge in [-0.2, -0.15) is 13.2 Å². The second-order valence-electron chi connectivity index (χ2n) is 8.55. The van der Waals surface area contributed by atoms with E-state index in [0.29, 0.717) is 22.5 Å². The fourth-order valence-electron chi connectivity index (χ4n) is 3.48. The van der Waals surface area contributed by atoms with E-state index in [2.05, 4.69) is 20.6 Å². The highest BCUT2D eigenvalue weighted by Gasteiger charge is 2.35. The molecule has 12 heteroatoms. The van der Waals surface area contributed by atoms with Crippen LogP contribution in [0.25, 0.3) is 10.9 Å². The number of fused-ring (bicyclic) bond motifs is 1. The number of quaternary nitrogens is 1. The molecule has 8 nitrogen and oxygen atoms in total. The predicted octanol–water partition coefficient (Wildman–Crippen LogP) is 4.34. The van der Waals surface area contributed by atoms with Gasteiger partial charge in [-0.25, -0.2) is 4.98 Å². The molecule has 5 N–H and O–H groups in total. The van der Waals surface area contributed by atoms with Crippen LogP contribution in [0.2, 0.25) is 5.02 Å². The molecule has 0 saturated carbocycles. The van der Waals surface area contributed by atoms with Gasteiger partial charge >= 0.3 is 12.1 Å². The lowest BCUT2D eigenvalue weighted by Gasteiger charge is -2.18. The van der Waals surface area contributed by atoms with Crippen LogP contribution in [0.1, 0.15) is 35.5 Å². The number of rotatable bonds is 7. The van der Waals surface area contributed by atoms with Gasteiger partial charge in [0.15, 0.2) is 0 Å². The van der Waals surface area contributed by atoms with Crippen molar-refractivity contribution in [1.29, 1.82) is 5.41 Å². The minimum atomic E-state index is -4.99. The van der Waals surface area contributed by atoms with E-state index >= 15 is 0 Å². The molecule has 2 aromatic heterocycles. The number of benzene rings is 1. The molecule has 0 unspecified atom stereocenters. The molecule has 0 atom stereocenters. The molecule has 0 radical (unpaired) electrons. The van der Waals surface area contributed by atoms with E-state index in [1.165, 1.54) is 24.4 Å². The molecule has 0 aliphatic rings. The van der Waals surface area contributed by atoms with Crippen LogP contribution in [0, 0.1) is 19.3 Å². The monoisotopic (exact) mass is 533 g/mol. The Balaban J connectivity index is 2.13. The van der Waals surface area contributed by atoms with Crippen LogP contribution in [0.3, 0.4) is 0 Å². The Morgan fingerprint density at radius 2 is 1.89 bits per heavy atom.